The van der Waals surface area contributed by atoms with Gasteiger partial charge in [0.2, 0.25) is 10.0 Å². The zero-order valence-corrected chi connectivity index (χ0v) is 18.0. The molecule has 0 heterocycles. The number of nitrogens with one attached hydrogen (secondary N) is 1. The van der Waals surface area contributed by atoms with E-state index in [0.29, 0.717) is 26.7 Å². The molecule has 0 saturated carbocycles. The first-order chi connectivity index (χ1) is 13.8. The smallest absolute Gasteiger partial charge is 0.271 e. The van der Waals surface area contributed by atoms with E-state index in [1.54, 1.807) is 31.2 Å². The normalized spacial score (nSPS) is 12.6. The summed E-state index contributed by atoms with van der Waals surface area (Å²) < 4.78 is 64.0. The maximum Gasteiger partial charge on any atom is 0.417 e. The highest BCUT2D eigenvalue weighted by Gasteiger charge is 2.34. The van der Waals surface area contributed by atoms with E-state index in [-0.39, 0.29) is 5.69 Å². The van der Waals surface area contributed by atoms with E-state index in [1.807, 2.05) is 0 Å². The predicted molar refractivity (Wildman–Crippen MR) is 110 cm³/mol. The van der Waals surface area contributed by atoms with Crippen LogP contribution in [0.3, 0.4) is 0 Å². The molecule has 0 aliphatic heterocycles. The van der Waals surface area contributed by atoms with Crippen LogP contribution < -0.4 is 9.73 Å². The van der Waals surface area contributed by atoms with Crippen molar-refractivity contribution in [1.82, 2.24) is 5.43 Å². The number of carbonyl (C=O) groups is 1. The minimum Gasteiger partial charge on any atom is -0.271 e. The number of hydrazone groups is 1. The number of anilines is 1. The summed E-state index contributed by atoms with van der Waals surface area (Å²) in [6.07, 6.45) is -4.02. The van der Waals surface area contributed by atoms with Crippen LogP contribution in [0, 0.1) is 0 Å². The van der Waals surface area contributed by atoms with Crippen molar-refractivity contribution in [1.29, 1.82) is 0 Å². The molecule has 12 heteroatoms. The van der Waals surface area contributed by atoms with Gasteiger partial charge in [-0.2, -0.15) is 18.3 Å². The molecule has 0 unspecified atom stereocenters. The molecule has 0 aliphatic carbocycles. The van der Waals surface area contributed by atoms with Gasteiger partial charge >= 0.3 is 6.18 Å². The van der Waals surface area contributed by atoms with Crippen LogP contribution in [0.1, 0.15) is 18.1 Å². The largest absolute Gasteiger partial charge is 0.417 e. The number of nitrogens with zero attached hydrogens (tertiary/aromatic N) is 2. The number of sulfonamides is 1. The standard InChI is InChI=1S/C18H16Cl2F3N3O3S/c1-11(12-3-5-13(19)6-4-12)24-25-17(27)10-26(30(2,28)29)14-7-8-16(20)15(9-14)18(21,22)23/h3-9H,10H2,1-2H3,(H,25,27)/b24-11-. The molecule has 0 bridgehead atoms. The topological polar surface area (TPSA) is 78.8 Å². The number of hydrogen-bond donors (Lipinski definition) is 1. The fourth-order valence-electron chi connectivity index (χ4n) is 2.35. The summed E-state index contributed by atoms with van der Waals surface area (Å²) in [5.74, 6) is -0.850. The molecule has 0 aliphatic rings. The molecule has 1 amide bonds. The van der Waals surface area contributed by atoms with Crippen molar-refractivity contribution in [2.75, 3.05) is 17.1 Å². The summed E-state index contributed by atoms with van der Waals surface area (Å²) in [6, 6.07) is 9.15. The molecule has 0 radical (unpaired) electrons. The SMILES string of the molecule is C/C(=N/NC(=O)CN(c1ccc(Cl)c(C(F)(F)F)c1)S(C)(=O)=O)c1ccc(Cl)cc1. The van der Waals surface area contributed by atoms with Gasteiger partial charge in [0.1, 0.15) is 6.54 Å². The van der Waals surface area contributed by atoms with Crippen LogP contribution in [0.4, 0.5) is 18.9 Å². The molecule has 0 fully saturated rings. The van der Waals surface area contributed by atoms with Gasteiger partial charge in [-0.15, -0.1) is 0 Å². The molecular formula is C18H16Cl2F3N3O3S. The van der Waals surface area contributed by atoms with Gasteiger partial charge in [-0.1, -0.05) is 35.3 Å². The highest BCUT2D eigenvalue weighted by molar-refractivity contribution is 7.92. The summed E-state index contributed by atoms with van der Waals surface area (Å²) in [4.78, 5) is 12.2. The Hall–Kier alpha value is -2.30. The second-order valence-corrected chi connectivity index (χ2v) is 8.92. The lowest BCUT2D eigenvalue weighted by molar-refractivity contribution is -0.137. The summed E-state index contributed by atoms with van der Waals surface area (Å²) in [5, 5.41) is 3.80. The van der Waals surface area contributed by atoms with E-state index in [4.69, 9.17) is 23.2 Å². The van der Waals surface area contributed by atoms with E-state index in [1.165, 1.54) is 0 Å². The molecule has 0 saturated heterocycles. The maximum absolute atomic E-state index is 13.1. The minimum absolute atomic E-state index is 0.359. The molecule has 162 valence electrons. The number of alkyl halides is 3. The number of amides is 1. The summed E-state index contributed by atoms with van der Waals surface area (Å²) >= 11 is 11.4. The average Bonchev–Trinajstić information content (AvgIpc) is 2.63. The quantitative estimate of drug-likeness (QED) is 0.492. The lowest BCUT2D eigenvalue weighted by atomic mass is 10.1. The monoisotopic (exact) mass is 481 g/mol. The van der Waals surface area contributed by atoms with Crippen molar-refractivity contribution in [3.8, 4) is 0 Å². The number of hydrogen-bond acceptors (Lipinski definition) is 4. The van der Waals surface area contributed by atoms with Crippen LogP contribution in [0.5, 0.6) is 0 Å². The van der Waals surface area contributed by atoms with Crippen molar-refractivity contribution >= 4 is 50.5 Å². The third-order valence-corrected chi connectivity index (χ3v) is 5.56. The lowest BCUT2D eigenvalue weighted by Gasteiger charge is -2.22. The fraction of sp³-hybridized carbons (Fsp3) is 0.222. The van der Waals surface area contributed by atoms with Crippen molar-refractivity contribution in [3.05, 3.63) is 63.6 Å². The van der Waals surface area contributed by atoms with Crippen LogP contribution in [0.25, 0.3) is 0 Å². The Morgan fingerprint density at radius 3 is 2.27 bits per heavy atom. The Balaban J connectivity index is 2.24. The van der Waals surface area contributed by atoms with Gasteiger partial charge in [0.25, 0.3) is 5.91 Å². The van der Waals surface area contributed by atoms with Gasteiger partial charge in [0, 0.05) is 5.02 Å². The van der Waals surface area contributed by atoms with Crippen molar-refractivity contribution in [2.24, 2.45) is 5.10 Å². The van der Waals surface area contributed by atoms with Gasteiger partial charge < -0.3 is 0 Å². The van der Waals surface area contributed by atoms with E-state index in [2.05, 4.69) is 10.5 Å². The van der Waals surface area contributed by atoms with Crippen LogP contribution in [0.15, 0.2) is 47.6 Å². The summed E-state index contributed by atoms with van der Waals surface area (Å²) in [6.45, 7) is 0.821. The Kier molecular flexibility index (Phi) is 7.38. The Bertz CT molecular complexity index is 1070. The van der Waals surface area contributed by atoms with Gasteiger partial charge in [-0.05, 0) is 42.8 Å². The van der Waals surface area contributed by atoms with E-state index < -0.39 is 39.2 Å². The summed E-state index contributed by atoms with van der Waals surface area (Å²) in [7, 11) is -4.08. The van der Waals surface area contributed by atoms with Crippen LogP contribution >= 0.6 is 23.2 Å². The van der Waals surface area contributed by atoms with Crippen molar-refractivity contribution in [3.63, 3.8) is 0 Å². The fourth-order valence-corrected chi connectivity index (χ4v) is 3.55. The van der Waals surface area contributed by atoms with Gasteiger partial charge in [-0.25, -0.2) is 13.8 Å². The zero-order chi connectivity index (χ0) is 22.7. The van der Waals surface area contributed by atoms with E-state index >= 15 is 0 Å². The van der Waals surface area contributed by atoms with E-state index in [9.17, 15) is 26.4 Å². The first-order valence-electron chi connectivity index (χ1n) is 8.22. The van der Waals surface area contributed by atoms with Crippen LogP contribution in [-0.4, -0.2) is 32.8 Å². The zero-order valence-electron chi connectivity index (χ0n) is 15.7. The molecule has 2 aromatic rings. The molecule has 2 rings (SSSR count). The van der Waals surface area contributed by atoms with Crippen molar-refractivity contribution in [2.45, 2.75) is 13.1 Å². The molecule has 0 spiro atoms. The number of rotatable bonds is 6. The molecule has 6 nitrogen and oxygen atoms in total. The molecular weight excluding hydrogens is 466 g/mol. The van der Waals surface area contributed by atoms with Gasteiger partial charge in [0.05, 0.1) is 28.2 Å². The second-order valence-electron chi connectivity index (χ2n) is 6.17. The Morgan fingerprint density at radius 1 is 1.13 bits per heavy atom. The first kappa shape index (κ1) is 24.0. The van der Waals surface area contributed by atoms with E-state index in [0.717, 1.165) is 18.4 Å². The average molecular weight is 482 g/mol. The Morgan fingerprint density at radius 2 is 1.73 bits per heavy atom. The summed E-state index contributed by atoms with van der Waals surface area (Å²) in [5.41, 5.74) is 1.68. The number of benzene rings is 2. The molecule has 1 N–H and O–H groups in total. The second kappa shape index (κ2) is 9.23. The van der Waals surface area contributed by atoms with Crippen molar-refractivity contribution < 1.29 is 26.4 Å². The minimum atomic E-state index is -4.79. The highest BCUT2D eigenvalue weighted by atomic mass is 35.5. The van der Waals surface area contributed by atoms with Gasteiger partial charge in [0.15, 0.2) is 0 Å². The lowest BCUT2D eigenvalue weighted by Crippen LogP contribution is -2.39. The molecule has 30 heavy (non-hydrogen) atoms. The van der Waals surface area contributed by atoms with Crippen LogP contribution in [-0.2, 0) is 21.0 Å². The van der Waals surface area contributed by atoms with Crippen LogP contribution in [0.2, 0.25) is 10.0 Å². The first-order valence-corrected chi connectivity index (χ1v) is 10.8. The highest BCUT2D eigenvalue weighted by Crippen LogP contribution is 2.37. The van der Waals surface area contributed by atoms with Gasteiger partial charge in [-0.3, -0.25) is 9.10 Å². The molecule has 0 atom stereocenters. The molecule has 2 aromatic carbocycles. The third-order valence-electron chi connectivity index (χ3n) is 3.84. The third kappa shape index (κ3) is 6.35. The Labute approximate surface area is 181 Å². The number of halogens is 5. The number of carbonyl (C=O) groups excluding carboxylic acids is 1. The molecule has 0 aromatic heterocycles. The predicted octanol–water partition coefficient (Wildman–Crippen LogP) is 4.32. The maximum atomic E-state index is 13.1.